The van der Waals surface area contributed by atoms with Crippen molar-refractivity contribution in [2.24, 2.45) is 28.7 Å². The molecular formula is C57H100N16O13. The fourth-order valence-corrected chi connectivity index (χ4v) is 9.37. The molecule has 1 aromatic rings. The molecule has 0 spiro atoms. The van der Waals surface area contributed by atoms with Crippen LogP contribution in [-0.4, -0.2) is 187 Å². The molecule has 1 unspecified atom stereocenters. The highest BCUT2D eigenvalue weighted by Crippen LogP contribution is 2.12. The van der Waals surface area contributed by atoms with E-state index in [-0.39, 0.29) is 84.1 Å². The van der Waals surface area contributed by atoms with Gasteiger partial charge in [-0.05, 0) is 104 Å². The average Bonchev–Trinajstić information content (AvgIpc) is 2.96. The van der Waals surface area contributed by atoms with Gasteiger partial charge in [-0.25, -0.2) is 0 Å². The molecule has 1 heterocycles. The van der Waals surface area contributed by atoms with Gasteiger partial charge in [0.2, 0.25) is 65.0 Å². The smallest absolute Gasteiger partial charge is 0.245 e. The summed E-state index contributed by atoms with van der Waals surface area (Å²) in [6.07, 6.45) is 2.87. The number of nitrogens with one attached hydrogen (secondary N) is 11. The van der Waals surface area contributed by atoms with Gasteiger partial charge >= 0.3 is 0 Å². The molecule has 1 aliphatic heterocycles. The molecule has 2 rings (SSSR count). The van der Waals surface area contributed by atoms with Crippen molar-refractivity contribution in [2.45, 2.75) is 216 Å². The number of rotatable bonds is 32. The molecule has 1 fully saturated rings. The lowest BCUT2D eigenvalue weighted by molar-refractivity contribution is -0.137. The number of nitrogens with two attached hydrogens (primary N) is 5. The first-order valence-corrected chi connectivity index (χ1v) is 30.3. The highest BCUT2D eigenvalue weighted by molar-refractivity contribution is 5.99. The molecule has 1 aliphatic rings. The summed E-state index contributed by atoms with van der Waals surface area (Å²) in [6, 6.07) is -6.07. The number of carbonyl (C=O) groups excluding carboxylic acids is 11. The van der Waals surface area contributed by atoms with Crippen LogP contribution >= 0.6 is 0 Å². The zero-order valence-corrected chi connectivity index (χ0v) is 50.6. The van der Waals surface area contributed by atoms with Crippen molar-refractivity contribution >= 4 is 65.0 Å². The van der Waals surface area contributed by atoms with E-state index >= 15 is 0 Å². The van der Waals surface area contributed by atoms with Crippen LogP contribution in [0, 0.1) is 0 Å². The molecule has 23 N–H and O–H groups in total. The first kappa shape index (κ1) is 75.2. The SMILES string of the molecule is CCCCCCCC(=O)N[C@@H](CCN)C(=O)N[C@H](C(=O)N[C@@H](CCN)C(=O)N[C@H]1CCNC(=O)[C@H]([C@@H](C)O)NC(=O)[C@H](CCN)NC(=O)[C@H](CCN)NC(=O)C(Cc2ccccc2)NC(=O)[C@@H](CCCCCC)NC(=O)[C@@H](CCN)NC1=O)[C@H](C)O. The molecule has 0 radical (unpaired) electrons. The number of carbonyl (C=O) groups is 11. The summed E-state index contributed by atoms with van der Waals surface area (Å²) >= 11 is 0. The molecule has 0 aromatic heterocycles. The Morgan fingerprint density at radius 3 is 1.49 bits per heavy atom. The standard InChI is InChI=1S/C57H100N16O13/c1-5-7-9-11-16-20-45(76)64-38(21-27-58)53(82)73-47(35(4)75)57(86)70-41(24-30-61)51(80)69-43-26-32-63-56(85)46(34(3)74)72-54(83)42(25-31-62)67-50(79)40(23-29-60)68-55(84)44(33-36-17-13-12-14-18-36)71-48(77)37(19-15-10-8-6-2)65-49(78)39(22-28-59)66-52(43)81/h12-14,17-18,34-35,37-44,46-47,74-75H,5-11,15-16,19-33,58-62H2,1-4H3,(H,63,85)(H,64,76)(H,65,78)(H,66,81)(H,67,79)(H,68,84)(H,69,80)(H,70,86)(H,71,77)(H,72,83)(H,73,82)/t34-,35+,37-,38+,39-,40+,41+,42+,43+,44?,46+,47+/m1/s1. The van der Waals surface area contributed by atoms with E-state index in [4.69, 9.17) is 28.7 Å². The summed E-state index contributed by atoms with van der Waals surface area (Å²) in [5.41, 5.74) is 30.0. The number of hydrogen-bond donors (Lipinski definition) is 18. The normalized spacial score (nSPS) is 22.3. The van der Waals surface area contributed by atoms with Crippen LogP contribution in [-0.2, 0) is 59.2 Å². The van der Waals surface area contributed by atoms with Gasteiger partial charge in [-0.3, -0.25) is 52.7 Å². The summed E-state index contributed by atoms with van der Waals surface area (Å²) in [5.74, 6) is -9.63. The van der Waals surface area contributed by atoms with Crippen LogP contribution in [0.5, 0.6) is 0 Å². The Labute approximate surface area is 504 Å². The highest BCUT2D eigenvalue weighted by atomic mass is 16.3. The number of unbranched alkanes of at least 4 members (excludes halogenated alkanes) is 7. The molecule has 12 atom stereocenters. The largest absolute Gasteiger partial charge is 0.391 e. The third kappa shape index (κ3) is 27.6. The molecule has 86 heavy (non-hydrogen) atoms. The Kier molecular flexibility index (Phi) is 36.8. The van der Waals surface area contributed by atoms with Gasteiger partial charge in [0.25, 0.3) is 0 Å². The van der Waals surface area contributed by atoms with Crippen LogP contribution in [0.15, 0.2) is 30.3 Å². The Hall–Kier alpha value is -6.89. The van der Waals surface area contributed by atoms with Gasteiger partial charge in [-0.15, -0.1) is 0 Å². The number of benzene rings is 1. The van der Waals surface area contributed by atoms with Crippen molar-refractivity contribution < 1.29 is 63.0 Å². The van der Waals surface area contributed by atoms with E-state index < -0.39 is 151 Å². The maximum absolute atomic E-state index is 14.5. The lowest BCUT2D eigenvalue weighted by Crippen LogP contribution is -2.62. The van der Waals surface area contributed by atoms with Gasteiger partial charge in [0.05, 0.1) is 12.2 Å². The maximum atomic E-state index is 14.5. The molecule has 0 aliphatic carbocycles. The number of aliphatic hydroxyl groups excluding tert-OH is 2. The van der Waals surface area contributed by atoms with Crippen molar-refractivity contribution in [2.75, 3.05) is 39.3 Å². The van der Waals surface area contributed by atoms with Gasteiger partial charge in [0, 0.05) is 19.4 Å². The van der Waals surface area contributed by atoms with Crippen LogP contribution in [0.2, 0.25) is 0 Å². The zero-order chi connectivity index (χ0) is 64.1. The van der Waals surface area contributed by atoms with Crippen molar-refractivity contribution in [1.82, 2.24) is 58.5 Å². The Morgan fingerprint density at radius 1 is 0.523 bits per heavy atom. The molecular weight excluding hydrogens is 1120 g/mol. The Bertz CT molecular complexity index is 2300. The first-order valence-electron chi connectivity index (χ1n) is 30.3. The van der Waals surface area contributed by atoms with Gasteiger partial charge in [0.15, 0.2) is 0 Å². The Morgan fingerprint density at radius 2 is 0.988 bits per heavy atom. The minimum absolute atomic E-state index is 0.0122. The average molecular weight is 1220 g/mol. The van der Waals surface area contributed by atoms with E-state index in [2.05, 4.69) is 65.4 Å². The second-order valence-electron chi connectivity index (χ2n) is 21.7. The monoisotopic (exact) mass is 1220 g/mol. The maximum Gasteiger partial charge on any atom is 0.245 e. The van der Waals surface area contributed by atoms with Crippen LogP contribution in [0.25, 0.3) is 0 Å². The molecule has 1 aromatic carbocycles. The zero-order valence-electron chi connectivity index (χ0n) is 50.6. The topological polar surface area (TPSA) is 491 Å². The number of aliphatic hydroxyl groups is 2. The van der Waals surface area contributed by atoms with Crippen LogP contribution in [0.3, 0.4) is 0 Å². The quantitative estimate of drug-likeness (QED) is 0.0302. The summed E-state index contributed by atoms with van der Waals surface area (Å²) < 4.78 is 0. The minimum Gasteiger partial charge on any atom is -0.391 e. The predicted octanol–water partition coefficient (Wildman–Crippen LogP) is -4.57. The van der Waals surface area contributed by atoms with Crippen LogP contribution in [0.4, 0.5) is 0 Å². The minimum atomic E-state index is -1.69. The van der Waals surface area contributed by atoms with E-state index in [1.807, 2.05) is 6.92 Å². The number of hydrogen-bond acceptors (Lipinski definition) is 18. The lowest BCUT2D eigenvalue weighted by atomic mass is 10.0. The van der Waals surface area contributed by atoms with E-state index in [1.54, 1.807) is 30.3 Å². The van der Waals surface area contributed by atoms with Gasteiger partial charge < -0.3 is 97.4 Å². The van der Waals surface area contributed by atoms with E-state index in [0.717, 1.165) is 38.5 Å². The van der Waals surface area contributed by atoms with E-state index in [0.29, 0.717) is 24.8 Å². The fourth-order valence-electron chi connectivity index (χ4n) is 9.37. The van der Waals surface area contributed by atoms with E-state index in [1.165, 1.54) is 13.8 Å². The Balaban J connectivity index is 2.69. The third-order valence-electron chi connectivity index (χ3n) is 14.4. The summed E-state index contributed by atoms with van der Waals surface area (Å²) in [5, 5.41) is 49.8. The lowest BCUT2D eigenvalue weighted by Gasteiger charge is -2.28. The van der Waals surface area contributed by atoms with Crippen LogP contribution < -0.4 is 87.2 Å². The molecule has 1 saturated heterocycles. The van der Waals surface area contributed by atoms with Crippen LogP contribution in [0.1, 0.15) is 142 Å². The van der Waals surface area contributed by atoms with Crippen molar-refractivity contribution in [3.63, 3.8) is 0 Å². The van der Waals surface area contributed by atoms with Gasteiger partial charge in [-0.2, -0.15) is 0 Å². The fraction of sp³-hybridized carbons (Fsp3) is 0.702. The second kappa shape index (κ2) is 42.0. The highest BCUT2D eigenvalue weighted by Gasteiger charge is 2.37. The molecule has 0 bridgehead atoms. The van der Waals surface area contributed by atoms with Crippen molar-refractivity contribution in [3.8, 4) is 0 Å². The molecule has 29 nitrogen and oxygen atoms in total. The molecule has 29 heteroatoms. The summed E-state index contributed by atoms with van der Waals surface area (Å²) in [7, 11) is 0. The molecule has 11 amide bonds. The van der Waals surface area contributed by atoms with Crippen molar-refractivity contribution in [1.29, 1.82) is 0 Å². The van der Waals surface area contributed by atoms with E-state index in [9.17, 15) is 63.0 Å². The number of amides is 11. The summed E-state index contributed by atoms with van der Waals surface area (Å²) in [6.45, 7) is 5.32. The molecule has 486 valence electrons. The van der Waals surface area contributed by atoms with Crippen molar-refractivity contribution in [3.05, 3.63) is 35.9 Å². The van der Waals surface area contributed by atoms with Gasteiger partial charge in [0.1, 0.15) is 60.4 Å². The summed E-state index contributed by atoms with van der Waals surface area (Å²) in [4.78, 5) is 154. The first-order chi connectivity index (χ1) is 41.1. The molecule has 0 saturated carbocycles. The third-order valence-corrected chi connectivity index (χ3v) is 14.4. The second-order valence-corrected chi connectivity index (χ2v) is 21.7. The van der Waals surface area contributed by atoms with Gasteiger partial charge in [-0.1, -0.05) is 95.5 Å². The predicted molar refractivity (Wildman–Crippen MR) is 321 cm³/mol.